The molecule has 0 spiro atoms. The predicted octanol–water partition coefficient (Wildman–Crippen LogP) is 1.29. The van der Waals surface area contributed by atoms with Gasteiger partial charge in [-0.3, -0.25) is 19.5 Å². The standard InChI is InChI=1S/C19H20ClN5O3/c1-11(26)21-14-6-15-9-24(10-18(27)25(15)8-14)19(28)17-7-16(22-23-17)12-3-2-4-13(20)5-12/h2-5,7,14-15H,6,8-10H2,1H3,(H,21,26)(H,22,23)/t14-,15-/m0/s1. The van der Waals surface area contributed by atoms with Crippen molar-refractivity contribution < 1.29 is 14.4 Å². The maximum absolute atomic E-state index is 12.9. The number of nitrogens with zero attached hydrogens (tertiary/aromatic N) is 3. The average Bonchev–Trinajstić information content (AvgIpc) is 3.27. The fourth-order valence-electron chi connectivity index (χ4n) is 3.91. The van der Waals surface area contributed by atoms with E-state index in [1.165, 1.54) is 11.8 Å². The van der Waals surface area contributed by atoms with Gasteiger partial charge in [0, 0.05) is 36.6 Å². The lowest BCUT2D eigenvalue weighted by Crippen LogP contribution is -2.55. The van der Waals surface area contributed by atoms with Crippen LogP contribution in [0.5, 0.6) is 0 Å². The van der Waals surface area contributed by atoms with E-state index in [1.54, 1.807) is 23.1 Å². The van der Waals surface area contributed by atoms with Gasteiger partial charge < -0.3 is 15.1 Å². The molecule has 2 N–H and O–H groups in total. The summed E-state index contributed by atoms with van der Waals surface area (Å²) in [5, 5.41) is 10.4. The molecule has 0 aliphatic carbocycles. The fraction of sp³-hybridized carbons (Fsp3) is 0.368. The molecule has 1 aromatic carbocycles. The predicted molar refractivity (Wildman–Crippen MR) is 103 cm³/mol. The smallest absolute Gasteiger partial charge is 0.272 e. The van der Waals surface area contributed by atoms with Gasteiger partial charge in [-0.1, -0.05) is 23.7 Å². The van der Waals surface area contributed by atoms with Gasteiger partial charge in [0.2, 0.25) is 11.8 Å². The van der Waals surface area contributed by atoms with E-state index >= 15 is 0 Å². The van der Waals surface area contributed by atoms with E-state index in [1.807, 2.05) is 12.1 Å². The molecule has 0 bridgehead atoms. The molecule has 2 aromatic rings. The van der Waals surface area contributed by atoms with Crippen LogP contribution in [0.25, 0.3) is 11.3 Å². The fourth-order valence-corrected chi connectivity index (χ4v) is 4.10. The molecule has 0 unspecified atom stereocenters. The minimum Gasteiger partial charge on any atom is -0.352 e. The molecule has 3 heterocycles. The molecular weight excluding hydrogens is 382 g/mol. The molecule has 1 aromatic heterocycles. The second-order valence-corrected chi connectivity index (χ2v) is 7.63. The molecule has 9 heteroatoms. The zero-order valence-electron chi connectivity index (χ0n) is 15.3. The topological polar surface area (TPSA) is 98.4 Å². The van der Waals surface area contributed by atoms with Crippen molar-refractivity contribution in [2.24, 2.45) is 0 Å². The third kappa shape index (κ3) is 3.60. The number of benzene rings is 1. The summed E-state index contributed by atoms with van der Waals surface area (Å²) in [5.41, 5.74) is 1.74. The molecule has 3 amide bonds. The number of piperazine rings is 1. The van der Waals surface area contributed by atoms with Crippen LogP contribution in [0.15, 0.2) is 30.3 Å². The zero-order chi connectivity index (χ0) is 19.8. The minimum absolute atomic E-state index is 0.0215. The van der Waals surface area contributed by atoms with Crippen molar-refractivity contribution in [2.75, 3.05) is 19.6 Å². The summed E-state index contributed by atoms with van der Waals surface area (Å²) in [7, 11) is 0. The summed E-state index contributed by atoms with van der Waals surface area (Å²) in [6.07, 6.45) is 0.645. The number of hydrogen-bond acceptors (Lipinski definition) is 4. The van der Waals surface area contributed by atoms with Gasteiger partial charge in [-0.05, 0) is 24.6 Å². The van der Waals surface area contributed by atoms with Crippen LogP contribution in [-0.4, -0.2) is 69.4 Å². The first-order valence-electron chi connectivity index (χ1n) is 9.08. The Bertz CT molecular complexity index is 943. The second kappa shape index (κ2) is 7.27. The largest absolute Gasteiger partial charge is 0.352 e. The molecule has 0 radical (unpaired) electrons. The molecule has 2 fully saturated rings. The van der Waals surface area contributed by atoms with E-state index in [0.717, 1.165) is 5.56 Å². The van der Waals surface area contributed by atoms with Gasteiger partial charge >= 0.3 is 0 Å². The molecule has 2 aliphatic heterocycles. The number of halogens is 1. The number of hydrogen-bond donors (Lipinski definition) is 2. The van der Waals surface area contributed by atoms with E-state index < -0.39 is 0 Å². The van der Waals surface area contributed by atoms with Gasteiger partial charge in [0.15, 0.2) is 0 Å². The highest BCUT2D eigenvalue weighted by molar-refractivity contribution is 6.30. The molecule has 4 rings (SSSR count). The lowest BCUT2D eigenvalue weighted by Gasteiger charge is -2.36. The number of fused-ring (bicyclic) bond motifs is 1. The Hall–Kier alpha value is -2.87. The van der Waals surface area contributed by atoms with Crippen molar-refractivity contribution in [1.29, 1.82) is 0 Å². The summed E-state index contributed by atoms with van der Waals surface area (Å²) in [6, 6.07) is 8.73. The molecule has 2 saturated heterocycles. The highest BCUT2D eigenvalue weighted by Gasteiger charge is 2.42. The zero-order valence-corrected chi connectivity index (χ0v) is 16.1. The number of rotatable bonds is 3. The Labute approximate surface area is 166 Å². The van der Waals surface area contributed by atoms with E-state index in [0.29, 0.717) is 35.9 Å². The van der Waals surface area contributed by atoms with Crippen LogP contribution in [0.4, 0.5) is 0 Å². The number of nitrogens with one attached hydrogen (secondary N) is 2. The van der Waals surface area contributed by atoms with Crippen molar-refractivity contribution in [2.45, 2.75) is 25.4 Å². The Morgan fingerprint density at radius 3 is 2.86 bits per heavy atom. The van der Waals surface area contributed by atoms with E-state index in [2.05, 4.69) is 15.5 Å². The highest BCUT2D eigenvalue weighted by atomic mass is 35.5. The first kappa shape index (κ1) is 18.5. The van der Waals surface area contributed by atoms with Crippen molar-refractivity contribution in [1.82, 2.24) is 25.3 Å². The Morgan fingerprint density at radius 1 is 1.29 bits per heavy atom. The number of aromatic nitrogens is 2. The molecule has 8 nitrogen and oxygen atoms in total. The first-order valence-corrected chi connectivity index (χ1v) is 9.45. The third-order valence-electron chi connectivity index (χ3n) is 5.12. The van der Waals surface area contributed by atoms with Crippen LogP contribution in [0, 0.1) is 0 Å². The van der Waals surface area contributed by atoms with Crippen LogP contribution < -0.4 is 5.32 Å². The van der Waals surface area contributed by atoms with Crippen LogP contribution >= 0.6 is 11.6 Å². The van der Waals surface area contributed by atoms with Crippen LogP contribution in [0.2, 0.25) is 5.02 Å². The molecular formula is C19H20ClN5O3. The summed E-state index contributed by atoms with van der Waals surface area (Å²) >= 11 is 6.02. The van der Waals surface area contributed by atoms with Crippen molar-refractivity contribution in [3.05, 3.63) is 41.0 Å². The first-order chi connectivity index (χ1) is 13.4. The monoisotopic (exact) mass is 401 g/mol. The van der Waals surface area contributed by atoms with Crippen molar-refractivity contribution in [3.63, 3.8) is 0 Å². The SMILES string of the molecule is CC(=O)N[C@H]1C[C@H]2CN(C(=O)c3cc(-c4cccc(Cl)c4)n[nH]3)CC(=O)N2C1. The summed E-state index contributed by atoms with van der Waals surface area (Å²) < 4.78 is 0. The lowest BCUT2D eigenvalue weighted by atomic mass is 10.1. The van der Waals surface area contributed by atoms with Gasteiger partial charge in [0.05, 0.1) is 11.7 Å². The van der Waals surface area contributed by atoms with E-state index in [-0.39, 0.29) is 36.3 Å². The van der Waals surface area contributed by atoms with Gasteiger partial charge in [-0.2, -0.15) is 5.10 Å². The Balaban J connectivity index is 1.47. The lowest BCUT2D eigenvalue weighted by molar-refractivity contribution is -0.136. The number of amides is 3. The maximum atomic E-state index is 12.9. The van der Waals surface area contributed by atoms with Gasteiger partial charge in [-0.15, -0.1) is 0 Å². The summed E-state index contributed by atoms with van der Waals surface area (Å²) in [5.74, 6) is -0.486. The van der Waals surface area contributed by atoms with Crippen molar-refractivity contribution in [3.8, 4) is 11.3 Å². The van der Waals surface area contributed by atoms with Crippen molar-refractivity contribution >= 4 is 29.3 Å². The summed E-state index contributed by atoms with van der Waals surface area (Å²) in [4.78, 5) is 40.0. The molecule has 0 saturated carbocycles. The number of carbonyl (C=O) groups is 3. The second-order valence-electron chi connectivity index (χ2n) is 7.20. The average molecular weight is 402 g/mol. The number of H-pyrrole nitrogens is 1. The van der Waals surface area contributed by atoms with E-state index in [4.69, 9.17) is 11.6 Å². The molecule has 2 aliphatic rings. The van der Waals surface area contributed by atoms with Gasteiger partial charge in [0.1, 0.15) is 12.2 Å². The van der Waals surface area contributed by atoms with Crippen LogP contribution in [0.1, 0.15) is 23.8 Å². The van der Waals surface area contributed by atoms with Gasteiger partial charge in [0.25, 0.3) is 5.91 Å². The highest BCUT2D eigenvalue weighted by Crippen LogP contribution is 2.25. The minimum atomic E-state index is -0.267. The third-order valence-corrected chi connectivity index (χ3v) is 5.35. The van der Waals surface area contributed by atoms with Crippen LogP contribution in [0.3, 0.4) is 0 Å². The Kier molecular flexibility index (Phi) is 4.80. The maximum Gasteiger partial charge on any atom is 0.272 e. The number of carbonyl (C=O) groups excluding carboxylic acids is 3. The molecule has 28 heavy (non-hydrogen) atoms. The number of aromatic amines is 1. The normalized spacial score (nSPS) is 21.6. The van der Waals surface area contributed by atoms with Crippen LogP contribution in [-0.2, 0) is 9.59 Å². The van der Waals surface area contributed by atoms with Gasteiger partial charge in [-0.25, -0.2) is 0 Å². The quantitative estimate of drug-likeness (QED) is 0.809. The molecule has 2 atom stereocenters. The summed E-state index contributed by atoms with van der Waals surface area (Å²) in [6.45, 7) is 2.42. The van der Waals surface area contributed by atoms with E-state index in [9.17, 15) is 14.4 Å². The Morgan fingerprint density at radius 2 is 2.11 bits per heavy atom. The molecule has 146 valence electrons.